The number of hydrogen-bond donors (Lipinski definition) is 1. The summed E-state index contributed by atoms with van der Waals surface area (Å²) >= 11 is 1.23. The lowest BCUT2D eigenvalue weighted by molar-refractivity contribution is -0.695. The van der Waals surface area contributed by atoms with Crippen LogP contribution in [0.1, 0.15) is 38.6 Å². The van der Waals surface area contributed by atoms with Gasteiger partial charge in [-0.3, -0.25) is 14.6 Å². The molecule has 0 aromatic carbocycles. The maximum absolute atomic E-state index is 13.2. The van der Waals surface area contributed by atoms with E-state index in [2.05, 4.69) is 9.97 Å². The van der Waals surface area contributed by atoms with Gasteiger partial charge < -0.3 is 14.4 Å². The number of thiazole rings is 1. The Kier molecular flexibility index (Phi) is 5.06. The summed E-state index contributed by atoms with van der Waals surface area (Å²) in [6, 6.07) is 2.54. The SMILES string of the molecule is Cc1nc(C)c(C(=O)C2=C([O-])C(=O)N(CCC[n+]3cc[nH]c3)C2c2ccco2)s1. The number of H-pyrrole nitrogens is 1. The van der Waals surface area contributed by atoms with Crippen molar-refractivity contribution in [3.8, 4) is 0 Å². The maximum atomic E-state index is 13.2. The van der Waals surface area contributed by atoms with Crippen LogP contribution in [0.3, 0.4) is 0 Å². The molecule has 1 amide bonds. The molecule has 8 nitrogen and oxygen atoms in total. The summed E-state index contributed by atoms with van der Waals surface area (Å²) < 4.78 is 7.45. The number of aromatic nitrogens is 3. The van der Waals surface area contributed by atoms with Gasteiger partial charge in [0, 0.05) is 18.5 Å². The summed E-state index contributed by atoms with van der Waals surface area (Å²) in [5.41, 5.74) is 0.497. The molecule has 4 rings (SSSR count). The Hall–Kier alpha value is -3.20. The minimum Gasteiger partial charge on any atom is -0.868 e. The Balaban J connectivity index is 1.65. The van der Waals surface area contributed by atoms with Gasteiger partial charge in [-0.05, 0) is 31.7 Å². The topological polar surface area (TPSA) is 106 Å². The molecule has 1 atom stereocenters. The standard InChI is InChI=1S/C20H20N4O4S/c1-12-19(29-13(2)22-12)17(25)15-16(14-5-3-10-28-14)24(20(27)18(15)26)8-4-7-23-9-6-21-11-23/h3,5-6,9-11,16H,4,7-8H2,1-2H3,(H,25,26). The minimum absolute atomic E-state index is 0.0639. The van der Waals surface area contributed by atoms with Crippen LogP contribution in [-0.2, 0) is 11.3 Å². The molecule has 0 spiro atoms. The Labute approximate surface area is 171 Å². The molecule has 1 N–H and O–H groups in total. The van der Waals surface area contributed by atoms with E-state index in [0.29, 0.717) is 35.8 Å². The van der Waals surface area contributed by atoms with Crippen molar-refractivity contribution in [2.24, 2.45) is 0 Å². The number of furan rings is 1. The highest BCUT2D eigenvalue weighted by Gasteiger charge is 2.41. The molecule has 3 aromatic heterocycles. The number of carbonyl (C=O) groups excluding carboxylic acids is 2. The number of aromatic amines is 1. The molecular formula is C20H20N4O4S. The first kappa shape index (κ1) is 19.1. The van der Waals surface area contributed by atoms with Crippen LogP contribution in [0.5, 0.6) is 0 Å². The molecule has 0 saturated carbocycles. The number of hydrogen-bond acceptors (Lipinski definition) is 6. The van der Waals surface area contributed by atoms with Gasteiger partial charge in [-0.1, -0.05) is 0 Å². The fourth-order valence-electron chi connectivity index (χ4n) is 3.59. The van der Waals surface area contributed by atoms with E-state index in [1.807, 2.05) is 17.1 Å². The summed E-state index contributed by atoms with van der Waals surface area (Å²) in [5, 5.41) is 13.6. The van der Waals surface area contributed by atoms with Gasteiger partial charge >= 0.3 is 0 Å². The summed E-state index contributed by atoms with van der Waals surface area (Å²) in [7, 11) is 0. The van der Waals surface area contributed by atoms with Crippen molar-refractivity contribution in [1.29, 1.82) is 0 Å². The zero-order chi connectivity index (χ0) is 20.5. The Morgan fingerprint density at radius 3 is 2.90 bits per heavy atom. The number of nitrogens with zero attached hydrogens (tertiary/aromatic N) is 3. The molecule has 0 fully saturated rings. The molecule has 3 aromatic rings. The number of imidazole rings is 1. The fourth-order valence-corrected chi connectivity index (χ4v) is 4.47. The number of carbonyl (C=O) groups is 2. The highest BCUT2D eigenvalue weighted by Crippen LogP contribution is 2.39. The smallest absolute Gasteiger partial charge is 0.241 e. The molecule has 1 aliphatic heterocycles. The molecule has 0 aliphatic carbocycles. The number of amides is 1. The van der Waals surface area contributed by atoms with Crippen molar-refractivity contribution in [3.63, 3.8) is 0 Å². The molecular weight excluding hydrogens is 392 g/mol. The second kappa shape index (κ2) is 7.67. The van der Waals surface area contributed by atoms with E-state index in [4.69, 9.17) is 4.42 Å². The molecule has 0 radical (unpaired) electrons. The van der Waals surface area contributed by atoms with Crippen molar-refractivity contribution < 1.29 is 23.7 Å². The number of rotatable bonds is 7. The van der Waals surface area contributed by atoms with Gasteiger partial charge in [0.1, 0.15) is 24.2 Å². The molecule has 9 heteroatoms. The average molecular weight is 412 g/mol. The van der Waals surface area contributed by atoms with Gasteiger partial charge in [0.15, 0.2) is 0 Å². The minimum atomic E-state index is -0.824. The number of nitrogens with one attached hydrogen (secondary N) is 1. The van der Waals surface area contributed by atoms with Crippen molar-refractivity contribution >= 4 is 23.0 Å². The maximum Gasteiger partial charge on any atom is 0.241 e. The van der Waals surface area contributed by atoms with E-state index in [1.165, 1.54) is 22.5 Å². The van der Waals surface area contributed by atoms with Gasteiger partial charge in [-0.2, -0.15) is 0 Å². The van der Waals surface area contributed by atoms with Crippen molar-refractivity contribution in [1.82, 2.24) is 14.9 Å². The van der Waals surface area contributed by atoms with E-state index < -0.39 is 23.5 Å². The zero-order valence-electron chi connectivity index (χ0n) is 16.0. The Morgan fingerprint density at radius 1 is 1.45 bits per heavy atom. The number of ketones is 1. The Morgan fingerprint density at radius 2 is 2.28 bits per heavy atom. The third kappa shape index (κ3) is 3.49. The van der Waals surface area contributed by atoms with Crippen LogP contribution in [0.25, 0.3) is 0 Å². The van der Waals surface area contributed by atoms with E-state index in [1.54, 1.807) is 32.2 Å². The normalized spacial score (nSPS) is 16.8. The second-order valence-corrected chi connectivity index (χ2v) is 8.04. The molecule has 0 saturated heterocycles. The van der Waals surface area contributed by atoms with Crippen LogP contribution < -0.4 is 9.67 Å². The van der Waals surface area contributed by atoms with Crippen molar-refractivity contribution in [2.45, 2.75) is 32.9 Å². The highest BCUT2D eigenvalue weighted by atomic mass is 32.1. The second-order valence-electron chi connectivity index (χ2n) is 6.84. The molecule has 1 aliphatic rings. The fraction of sp³-hybridized carbons (Fsp3) is 0.300. The molecule has 4 heterocycles. The first-order chi connectivity index (χ1) is 14.0. The summed E-state index contributed by atoms with van der Waals surface area (Å²) in [4.78, 5) is 35.1. The van der Waals surface area contributed by atoms with E-state index in [9.17, 15) is 14.7 Å². The zero-order valence-corrected chi connectivity index (χ0v) is 16.9. The van der Waals surface area contributed by atoms with Crippen LogP contribution >= 0.6 is 11.3 Å². The van der Waals surface area contributed by atoms with Gasteiger partial charge in [0.25, 0.3) is 0 Å². The molecule has 29 heavy (non-hydrogen) atoms. The lowest BCUT2D eigenvalue weighted by atomic mass is 9.99. The molecule has 0 bridgehead atoms. The van der Waals surface area contributed by atoms with Crippen molar-refractivity contribution in [2.75, 3.05) is 6.54 Å². The van der Waals surface area contributed by atoms with Gasteiger partial charge in [0.05, 0.1) is 28.4 Å². The van der Waals surface area contributed by atoms with E-state index in [-0.39, 0.29) is 5.57 Å². The van der Waals surface area contributed by atoms with Crippen LogP contribution in [0.4, 0.5) is 0 Å². The lowest BCUT2D eigenvalue weighted by Crippen LogP contribution is -2.37. The summed E-state index contributed by atoms with van der Waals surface area (Å²) in [6.07, 6.45) is 7.60. The monoisotopic (exact) mass is 412 g/mol. The summed E-state index contributed by atoms with van der Waals surface area (Å²) in [6.45, 7) is 4.52. The summed E-state index contributed by atoms with van der Waals surface area (Å²) in [5.74, 6) is -1.49. The van der Waals surface area contributed by atoms with Crippen molar-refractivity contribution in [3.05, 3.63) is 69.8 Å². The first-order valence-electron chi connectivity index (χ1n) is 9.23. The third-order valence-electron chi connectivity index (χ3n) is 4.87. The average Bonchev–Trinajstić information content (AvgIpc) is 3.47. The van der Waals surface area contributed by atoms with Gasteiger partial charge in [-0.15, -0.1) is 11.3 Å². The number of Topliss-reactive ketones (excluding diaryl/α,β-unsaturated/α-hetero) is 1. The lowest BCUT2D eigenvalue weighted by Gasteiger charge is -2.25. The van der Waals surface area contributed by atoms with Gasteiger partial charge in [-0.25, -0.2) is 9.55 Å². The largest absolute Gasteiger partial charge is 0.868 e. The quantitative estimate of drug-likeness (QED) is 0.467. The first-order valence-corrected chi connectivity index (χ1v) is 10.0. The van der Waals surface area contributed by atoms with Crippen LogP contribution in [0, 0.1) is 13.8 Å². The third-order valence-corrected chi connectivity index (χ3v) is 5.94. The molecule has 1 unspecified atom stereocenters. The highest BCUT2D eigenvalue weighted by molar-refractivity contribution is 7.14. The van der Waals surface area contributed by atoms with Crippen LogP contribution in [0.2, 0.25) is 0 Å². The van der Waals surface area contributed by atoms with Crippen LogP contribution in [0.15, 0.2) is 52.9 Å². The predicted octanol–water partition coefficient (Wildman–Crippen LogP) is 1.44. The molecule has 150 valence electrons. The number of aryl methyl sites for hydroxylation is 3. The Bertz CT molecular complexity index is 1070. The van der Waals surface area contributed by atoms with Crippen LogP contribution in [-0.4, -0.2) is 33.1 Å². The van der Waals surface area contributed by atoms with Gasteiger partial charge in [0.2, 0.25) is 18.0 Å². The van der Waals surface area contributed by atoms with E-state index >= 15 is 0 Å². The predicted molar refractivity (Wildman–Crippen MR) is 102 cm³/mol. The van der Waals surface area contributed by atoms with E-state index in [0.717, 1.165) is 5.01 Å².